The molecule has 0 aliphatic heterocycles. The summed E-state index contributed by atoms with van der Waals surface area (Å²) in [6.07, 6.45) is 7.05. The van der Waals surface area contributed by atoms with Gasteiger partial charge in [-0.3, -0.25) is 4.79 Å². The highest BCUT2D eigenvalue weighted by molar-refractivity contribution is 5.75. The second kappa shape index (κ2) is 7.78. The van der Waals surface area contributed by atoms with Gasteiger partial charge in [-0.15, -0.1) is 0 Å². The zero-order chi connectivity index (χ0) is 13.5. The summed E-state index contributed by atoms with van der Waals surface area (Å²) >= 11 is 0. The van der Waals surface area contributed by atoms with Crippen LogP contribution in [0.2, 0.25) is 0 Å². The van der Waals surface area contributed by atoms with Crippen molar-refractivity contribution < 1.29 is 4.79 Å². The molecule has 0 aromatic rings. The van der Waals surface area contributed by atoms with Crippen molar-refractivity contribution >= 4 is 5.91 Å². The molecule has 2 unspecified atom stereocenters. The highest BCUT2D eigenvalue weighted by Gasteiger charge is 2.26. The number of carbonyl (C=O) groups excluding carboxylic acids is 1. The van der Waals surface area contributed by atoms with Crippen molar-refractivity contribution in [1.82, 2.24) is 10.2 Å². The Morgan fingerprint density at radius 2 is 1.94 bits per heavy atom. The first-order chi connectivity index (χ1) is 8.52. The Labute approximate surface area is 112 Å². The number of rotatable bonds is 6. The smallest absolute Gasteiger partial charge is 0.222 e. The van der Waals surface area contributed by atoms with Crippen LogP contribution in [0.3, 0.4) is 0 Å². The van der Waals surface area contributed by atoms with Crippen molar-refractivity contribution in [2.75, 3.05) is 20.6 Å². The minimum absolute atomic E-state index is 0.237. The quantitative estimate of drug-likeness (QED) is 0.739. The Balaban J connectivity index is 2.22. The minimum Gasteiger partial charge on any atom is -0.349 e. The number of carbonyl (C=O) groups is 1. The molecule has 18 heavy (non-hydrogen) atoms. The van der Waals surface area contributed by atoms with Gasteiger partial charge in [0.15, 0.2) is 0 Å². The number of hydrogen-bond donors (Lipinski definition) is 1. The predicted molar refractivity (Wildman–Crippen MR) is 76.5 cm³/mol. The summed E-state index contributed by atoms with van der Waals surface area (Å²) in [5.41, 5.74) is 0. The number of nitrogens with one attached hydrogen (secondary N) is 1. The average Bonchev–Trinajstić information content (AvgIpc) is 2.34. The first-order valence-corrected chi connectivity index (χ1v) is 7.46. The maximum absolute atomic E-state index is 11.5. The predicted octanol–water partition coefficient (Wildman–Crippen LogP) is 2.66. The Bertz CT molecular complexity index is 251. The fourth-order valence-electron chi connectivity index (χ4n) is 2.96. The summed E-state index contributed by atoms with van der Waals surface area (Å²) in [5, 5.41) is 3.68. The van der Waals surface area contributed by atoms with E-state index in [2.05, 4.69) is 19.2 Å². The highest BCUT2D eigenvalue weighted by Crippen LogP contribution is 2.30. The molecule has 0 spiro atoms. The SMILES string of the molecule is CC(C)C1CCCCC1NCCCC(=O)N(C)C. The summed E-state index contributed by atoms with van der Waals surface area (Å²) in [5.74, 6) is 1.83. The molecule has 0 aromatic carbocycles. The van der Waals surface area contributed by atoms with E-state index in [1.165, 1.54) is 25.7 Å². The highest BCUT2D eigenvalue weighted by atomic mass is 16.2. The molecule has 2 atom stereocenters. The summed E-state index contributed by atoms with van der Waals surface area (Å²) in [4.78, 5) is 13.1. The maximum atomic E-state index is 11.5. The molecule has 1 N–H and O–H groups in total. The molecular weight excluding hydrogens is 224 g/mol. The molecule has 3 nitrogen and oxygen atoms in total. The third-order valence-corrected chi connectivity index (χ3v) is 4.15. The van der Waals surface area contributed by atoms with E-state index in [4.69, 9.17) is 0 Å². The van der Waals surface area contributed by atoms with Crippen molar-refractivity contribution in [1.29, 1.82) is 0 Å². The van der Waals surface area contributed by atoms with E-state index in [1.807, 2.05) is 14.1 Å². The van der Waals surface area contributed by atoms with Gasteiger partial charge in [0, 0.05) is 26.6 Å². The molecule has 0 aromatic heterocycles. The first-order valence-electron chi connectivity index (χ1n) is 7.46. The van der Waals surface area contributed by atoms with Crippen LogP contribution < -0.4 is 5.32 Å². The minimum atomic E-state index is 0.237. The molecule has 0 saturated heterocycles. The summed E-state index contributed by atoms with van der Waals surface area (Å²) in [6.45, 7) is 5.65. The fourth-order valence-corrected chi connectivity index (χ4v) is 2.96. The Kier molecular flexibility index (Phi) is 6.69. The topological polar surface area (TPSA) is 32.3 Å². The van der Waals surface area contributed by atoms with Gasteiger partial charge in [0.2, 0.25) is 5.91 Å². The van der Waals surface area contributed by atoms with Crippen LogP contribution in [0.25, 0.3) is 0 Å². The summed E-state index contributed by atoms with van der Waals surface area (Å²) in [6, 6.07) is 0.674. The maximum Gasteiger partial charge on any atom is 0.222 e. The molecule has 3 heteroatoms. The van der Waals surface area contributed by atoms with Crippen LogP contribution in [0.15, 0.2) is 0 Å². The lowest BCUT2D eigenvalue weighted by Gasteiger charge is -2.35. The van der Waals surface area contributed by atoms with Crippen molar-refractivity contribution in [3.63, 3.8) is 0 Å². The second-order valence-corrected chi connectivity index (χ2v) is 6.14. The van der Waals surface area contributed by atoms with Crippen LogP contribution in [0, 0.1) is 11.8 Å². The van der Waals surface area contributed by atoms with Gasteiger partial charge in [0.25, 0.3) is 0 Å². The Hall–Kier alpha value is -0.570. The third kappa shape index (κ3) is 4.97. The van der Waals surface area contributed by atoms with Gasteiger partial charge in [-0.05, 0) is 37.6 Å². The van der Waals surface area contributed by atoms with Gasteiger partial charge in [-0.1, -0.05) is 26.7 Å². The number of amides is 1. The molecule has 1 rings (SSSR count). The van der Waals surface area contributed by atoms with Crippen molar-refractivity contribution in [3.05, 3.63) is 0 Å². The average molecular weight is 254 g/mol. The van der Waals surface area contributed by atoms with E-state index in [0.717, 1.165) is 24.8 Å². The summed E-state index contributed by atoms with van der Waals surface area (Å²) in [7, 11) is 3.65. The van der Waals surface area contributed by atoms with E-state index in [-0.39, 0.29) is 5.91 Å². The van der Waals surface area contributed by atoms with E-state index < -0.39 is 0 Å². The van der Waals surface area contributed by atoms with Crippen LogP contribution in [0.1, 0.15) is 52.4 Å². The molecule has 0 radical (unpaired) electrons. The third-order valence-electron chi connectivity index (χ3n) is 4.15. The molecule has 1 fully saturated rings. The van der Waals surface area contributed by atoms with Crippen molar-refractivity contribution in [2.45, 2.75) is 58.4 Å². The Morgan fingerprint density at radius 1 is 1.28 bits per heavy atom. The molecule has 1 saturated carbocycles. The van der Waals surface area contributed by atoms with Gasteiger partial charge in [0.1, 0.15) is 0 Å². The zero-order valence-electron chi connectivity index (χ0n) is 12.5. The van der Waals surface area contributed by atoms with Crippen LogP contribution in [0.4, 0.5) is 0 Å². The largest absolute Gasteiger partial charge is 0.349 e. The fraction of sp³-hybridized carbons (Fsp3) is 0.933. The van der Waals surface area contributed by atoms with Crippen molar-refractivity contribution in [3.8, 4) is 0 Å². The number of nitrogens with zero attached hydrogens (tertiary/aromatic N) is 1. The molecule has 0 heterocycles. The first kappa shape index (κ1) is 15.5. The van der Waals surface area contributed by atoms with Crippen molar-refractivity contribution in [2.24, 2.45) is 11.8 Å². The van der Waals surface area contributed by atoms with Gasteiger partial charge in [-0.25, -0.2) is 0 Å². The van der Waals surface area contributed by atoms with Gasteiger partial charge < -0.3 is 10.2 Å². The molecule has 0 bridgehead atoms. The summed E-state index contributed by atoms with van der Waals surface area (Å²) < 4.78 is 0. The van der Waals surface area contributed by atoms with E-state index in [9.17, 15) is 4.79 Å². The van der Waals surface area contributed by atoms with E-state index in [0.29, 0.717) is 12.5 Å². The normalized spacial score (nSPS) is 24.3. The number of hydrogen-bond acceptors (Lipinski definition) is 2. The van der Waals surface area contributed by atoms with Crippen LogP contribution in [0.5, 0.6) is 0 Å². The lowest BCUT2D eigenvalue weighted by Crippen LogP contribution is -2.41. The molecule has 1 aliphatic carbocycles. The van der Waals surface area contributed by atoms with E-state index in [1.54, 1.807) is 4.90 Å². The molecule has 106 valence electrons. The zero-order valence-corrected chi connectivity index (χ0v) is 12.5. The van der Waals surface area contributed by atoms with E-state index >= 15 is 0 Å². The van der Waals surface area contributed by atoms with Gasteiger partial charge in [0.05, 0.1) is 0 Å². The van der Waals surface area contributed by atoms with Crippen LogP contribution in [-0.2, 0) is 4.79 Å². The molecule has 1 amide bonds. The van der Waals surface area contributed by atoms with Gasteiger partial charge in [-0.2, -0.15) is 0 Å². The Morgan fingerprint density at radius 3 is 2.56 bits per heavy atom. The lowest BCUT2D eigenvalue weighted by atomic mass is 9.78. The van der Waals surface area contributed by atoms with Crippen LogP contribution >= 0.6 is 0 Å². The van der Waals surface area contributed by atoms with Gasteiger partial charge >= 0.3 is 0 Å². The lowest BCUT2D eigenvalue weighted by molar-refractivity contribution is -0.128. The monoisotopic (exact) mass is 254 g/mol. The second-order valence-electron chi connectivity index (χ2n) is 6.14. The molecule has 1 aliphatic rings. The van der Waals surface area contributed by atoms with Crippen LogP contribution in [-0.4, -0.2) is 37.5 Å². The molecular formula is C15H30N2O. The standard InChI is InChI=1S/C15H30N2O/c1-12(2)13-8-5-6-9-14(13)16-11-7-10-15(18)17(3)4/h12-14,16H,5-11H2,1-4H3.